The largest absolute Gasteiger partial charge is 0.384 e. The molecule has 0 saturated carbocycles. The molecule has 42 heavy (non-hydrogen) atoms. The number of nitrogen functional groups attached to an aromatic ring is 1. The van der Waals surface area contributed by atoms with Gasteiger partial charge in [-0.2, -0.15) is 0 Å². The lowest BCUT2D eigenvalue weighted by atomic mass is 10.0. The van der Waals surface area contributed by atoms with E-state index in [0.717, 1.165) is 42.6 Å². The van der Waals surface area contributed by atoms with Gasteiger partial charge in [-0.05, 0) is 56.1 Å². The van der Waals surface area contributed by atoms with E-state index in [0.29, 0.717) is 10.6 Å². The summed E-state index contributed by atoms with van der Waals surface area (Å²) in [6.07, 6.45) is 4.64. The summed E-state index contributed by atoms with van der Waals surface area (Å²) in [6.45, 7) is 2.29. The number of amides is 2. The predicted molar refractivity (Wildman–Crippen MR) is 164 cm³/mol. The van der Waals surface area contributed by atoms with Gasteiger partial charge in [0.2, 0.25) is 21.8 Å². The molecule has 6 N–H and O–H groups in total. The number of amidine groups is 1. The number of sulfonamides is 1. The molecule has 2 fully saturated rings. The zero-order valence-electron chi connectivity index (χ0n) is 23.4. The highest BCUT2D eigenvalue weighted by atomic mass is 35.5. The van der Waals surface area contributed by atoms with E-state index in [1.54, 1.807) is 23.6 Å². The highest BCUT2D eigenvalue weighted by Crippen LogP contribution is 2.25. The molecule has 2 aliphatic rings. The molecule has 14 heteroatoms. The van der Waals surface area contributed by atoms with Crippen molar-refractivity contribution in [1.29, 1.82) is 5.41 Å². The molecule has 0 aliphatic carbocycles. The third-order valence-corrected chi connectivity index (χ3v) is 9.09. The van der Waals surface area contributed by atoms with E-state index >= 15 is 0 Å². The van der Waals surface area contributed by atoms with Gasteiger partial charge in [0, 0.05) is 33.8 Å². The van der Waals surface area contributed by atoms with E-state index in [-0.39, 0.29) is 44.3 Å². The molecule has 228 valence electrons. The van der Waals surface area contributed by atoms with Crippen molar-refractivity contribution in [3.05, 3.63) is 68.4 Å². The number of carbonyl (C=O) groups is 2. The standard InChI is InChI=1S/C28H37ClN6O5S2/c1-42(38,39)34-24(7-4-18-8-10-32-11-9-18)28(37)35-15-22(40-16-19-2-5-21(29)6-3-19)13-25(35)27(36)33-14-23-12-20(17-41-23)26(30)31/h2-6,12,17,22,24-25,32,34H,7-11,13-16H2,1H3,(H3,30,31)(H,33,36)/t22-,24-,25?/m1/s1. The monoisotopic (exact) mass is 636 g/mol. The molecule has 2 amide bonds. The Bertz CT molecular complexity index is 1400. The minimum Gasteiger partial charge on any atom is -0.384 e. The lowest BCUT2D eigenvalue weighted by Gasteiger charge is -2.28. The van der Waals surface area contributed by atoms with Crippen molar-refractivity contribution in [2.75, 3.05) is 25.9 Å². The van der Waals surface area contributed by atoms with Crippen LogP contribution in [-0.2, 0) is 37.5 Å². The average Bonchev–Trinajstić information content (AvgIpc) is 3.61. The van der Waals surface area contributed by atoms with Crippen molar-refractivity contribution in [1.82, 2.24) is 20.3 Å². The van der Waals surface area contributed by atoms with Gasteiger partial charge in [-0.15, -0.1) is 11.3 Å². The Morgan fingerprint density at radius 3 is 2.64 bits per heavy atom. The van der Waals surface area contributed by atoms with E-state index in [2.05, 4.69) is 15.4 Å². The predicted octanol–water partition coefficient (Wildman–Crippen LogP) is 2.11. The van der Waals surface area contributed by atoms with Gasteiger partial charge >= 0.3 is 0 Å². The fourth-order valence-electron chi connectivity index (χ4n) is 5.01. The lowest BCUT2D eigenvalue weighted by Crippen LogP contribution is -2.53. The van der Waals surface area contributed by atoms with Crippen LogP contribution in [0.4, 0.5) is 0 Å². The molecule has 1 aromatic carbocycles. The summed E-state index contributed by atoms with van der Waals surface area (Å²) in [5.74, 6) is -0.895. The number of hydrogen-bond donors (Lipinski definition) is 5. The van der Waals surface area contributed by atoms with Crippen LogP contribution in [0.15, 0.2) is 47.4 Å². The third kappa shape index (κ3) is 9.35. The number of likely N-dealkylation sites (tertiary alicyclic amines) is 1. The van der Waals surface area contributed by atoms with Crippen LogP contribution >= 0.6 is 22.9 Å². The van der Waals surface area contributed by atoms with Gasteiger partial charge in [-0.3, -0.25) is 15.0 Å². The Kier molecular flexibility index (Phi) is 11.1. The molecule has 11 nitrogen and oxygen atoms in total. The molecule has 3 atom stereocenters. The van der Waals surface area contributed by atoms with Crippen molar-refractivity contribution < 1.29 is 22.7 Å². The first kappa shape index (κ1) is 32.1. The highest BCUT2D eigenvalue weighted by Gasteiger charge is 2.42. The number of ether oxygens (including phenoxy) is 1. The topological polar surface area (TPSA) is 167 Å². The first-order valence-corrected chi connectivity index (χ1v) is 16.9. The summed E-state index contributed by atoms with van der Waals surface area (Å²) in [6, 6.07) is 7.06. The number of nitrogens with two attached hydrogens (primary N) is 1. The van der Waals surface area contributed by atoms with Crippen LogP contribution in [0.5, 0.6) is 0 Å². The Morgan fingerprint density at radius 2 is 2.00 bits per heavy atom. The lowest BCUT2D eigenvalue weighted by molar-refractivity contribution is -0.139. The smallest absolute Gasteiger partial charge is 0.243 e. The summed E-state index contributed by atoms with van der Waals surface area (Å²) in [5.41, 5.74) is 8.20. The molecule has 1 aromatic heterocycles. The van der Waals surface area contributed by atoms with Crippen molar-refractivity contribution in [3.8, 4) is 0 Å². The van der Waals surface area contributed by atoms with Crippen molar-refractivity contribution in [3.63, 3.8) is 0 Å². The zero-order chi connectivity index (χ0) is 30.3. The number of rotatable bonds is 12. The number of nitrogens with one attached hydrogen (secondary N) is 4. The Hall–Kier alpha value is -2.81. The van der Waals surface area contributed by atoms with Crippen molar-refractivity contribution in [2.45, 2.75) is 57.0 Å². The van der Waals surface area contributed by atoms with Crippen LogP contribution in [0.25, 0.3) is 0 Å². The molecular weight excluding hydrogens is 600 g/mol. The molecule has 3 heterocycles. The number of thiophene rings is 1. The van der Waals surface area contributed by atoms with Gasteiger partial charge < -0.3 is 26.0 Å². The van der Waals surface area contributed by atoms with Gasteiger partial charge in [0.05, 0.1) is 25.5 Å². The van der Waals surface area contributed by atoms with Crippen molar-refractivity contribution >= 4 is 50.6 Å². The third-order valence-electron chi connectivity index (χ3n) is 7.19. The van der Waals surface area contributed by atoms with Crippen LogP contribution in [0.1, 0.15) is 41.7 Å². The van der Waals surface area contributed by atoms with Gasteiger partial charge in [0.1, 0.15) is 17.9 Å². The van der Waals surface area contributed by atoms with Gasteiger partial charge in [-0.1, -0.05) is 35.4 Å². The molecular formula is C28H37ClN6O5S2. The molecule has 0 bridgehead atoms. The van der Waals surface area contributed by atoms with Crippen molar-refractivity contribution in [2.24, 2.45) is 5.73 Å². The Morgan fingerprint density at radius 1 is 1.29 bits per heavy atom. The molecule has 2 saturated heterocycles. The number of nitrogens with zero attached hydrogens (tertiary/aromatic N) is 1. The molecule has 4 rings (SSSR count). The van der Waals surface area contributed by atoms with E-state index < -0.39 is 34.1 Å². The summed E-state index contributed by atoms with van der Waals surface area (Å²) >= 11 is 7.36. The molecule has 2 aliphatic heterocycles. The van der Waals surface area contributed by atoms with E-state index in [1.165, 1.54) is 21.8 Å². The number of piperidine rings is 1. The molecule has 0 spiro atoms. The number of hydrogen-bond acceptors (Lipinski definition) is 8. The second kappa shape index (κ2) is 14.6. The first-order chi connectivity index (χ1) is 20.0. The van der Waals surface area contributed by atoms with E-state index in [4.69, 9.17) is 27.5 Å². The van der Waals surface area contributed by atoms with E-state index in [9.17, 15) is 18.0 Å². The fraction of sp³-hybridized carbons (Fsp3) is 0.464. The maximum absolute atomic E-state index is 13.9. The number of halogens is 1. The summed E-state index contributed by atoms with van der Waals surface area (Å²) in [5, 5.41) is 16.1. The fourth-order valence-corrected chi connectivity index (χ4v) is 6.67. The minimum atomic E-state index is -3.71. The molecule has 1 unspecified atom stereocenters. The van der Waals surface area contributed by atoms with Crippen LogP contribution in [-0.4, -0.2) is 75.0 Å². The van der Waals surface area contributed by atoms with Gasteiger partial charge in [-0.25, -0.2) is 13.1 Å². The quantitative estimate of drug-likeness (QED) is 0.135. The Balaban J connectivity index is 1.50. The van der Waals surface area contributed by atoms with Crippen LogP contribution in [0.2, 0.25) is 5.02 Å². The SMILES string of the molecule is CS(=O)(=O)N[C@H](CC=C1CCNCC1)C(=O)N1C[C@H](OCc2ccc(Cl)cc2)CC1C(=O)NCc1cc(C(=N)N)cs1. The highest BCUT2D eigenvalue weighted by molar-refractivity contribution is 7.88. The van der Waals surface area contributed by atoms with Gasteiger partial charge in [0.25, 0.3) is 0 Å². The molecule has 2 aromatic rings. The van der Waals surface area contributed by atoms with Gasteiger partial charge in [0.15, 0.2) is 0 Å². The van der Waals surface area contributed by atoms with Crippen LogP contribution in [0.3, 0.4) is 0 Å². The minimum absolute atomic E-state index is 0.0547. The normalized spacial score (nSPS) is 19.9. The van der Waals surface area contributed by atoms with Crippen LogP contribution < -0.4 is 21.1 Å². The second-order valence-electron chi connectivity index (χ2n) is 10.5. The summed E-state index contributed by atoms with van der Waals surface area (Å²) < 4.78 is 33.1. The molecule has 0 radical (unpaired) electrons. The Labute approximate surface area is 255 Å². The number of benzene rings is 1. The average molecular weight is 637 g/mol. The summed E-state index contributed by atoms with van der Waals surface area (Å²) in [4.78, 5) is 29.6. The second-order valence-corrected chi connectivity index (χ2v) is 13.7. The summed E-state index contributed by atoms with van der Waals surface area (Å²) in [7, 11) is -3.71. The first-order valence-electron chi connectivity index (χ1n) is 13.7. The maximum Gasteiger partial charge on any atom is 0.243 e. The van der Waals surface area contributed by atoms with E-state index in [1.807, 2.05) is 18.2 Å². The number of carbonyl (C=O) groups excluding carboxylic acids is 2. The maximum atomic E-state index is 13.9. The van der Waals surface area contributed by atoms with Crippen LogP contribution in [0, 0.1) is 5.41 Å². The zero-order valence-corrected chi connectivity index (χ0v) is 25.8.